The average Bonchev–Trinajstić information content (AvgIpc) is 3.16. The Labute approximate surface area is 184 Å². The summed E-state index contributed by atoms with van der Waals surface area (Å²) in [4.78, 5) is 19.0. The zero-order valence-corrected chi connectivity index (χ0v) is 17.2. The quantitative estimate of drug-likeness (QED) is 0.505. The van der Waals surface area contributed by atoms with E-state index in [1.165, 1.54) is 24.3 Å². The fraction of sp³-hybridized carbons (Fsp3) is 0.333. The summed E-state index contributed by atoms with van der Waals surface area (Å²) in [7, 11) is 0. The molecule has 1 saturated heterocycles. The molecule has 2 aliphatic heterocycles. The van der Waals surface area contributed by atoms with Crippen molar-refractivity contribution in [3.05, 3.63) is 64.3 Å². The number of alkyl halides is 3. The van der Waals surface area contributed by atoms with Crippen molar-refractivity contribution in [3.8, 4) is 11.5 Å². The van der Waals surface area contributed by atoms with Crippen LogP contribution < -0.4 is 0 Å². The maximum absolute atomic E-state index is 13.4. The first kappa shape index (κ1) is 20.9. The Hall–Kier alpha value is -3.01. The van der Waals surface area contributed by atoms with Crippen LogP contribution >= 0.6 is 11.6 Å². The molecule has 2 aromatic heterocycles. The third kappa shape index (κ3) is 3.33. The molecule has 2 bridgehead atoms. The molecule has 4 heterocycles. The number of piperidine rings is 1. The van der Waals surface area contributed by atoms with Gasteiger partial charge in [-0.3, -0.25) is 4.79 Å². The van der Waals surface area contributed by atoms with E-state index in [4.69, 9.17) is 11.6 Å². The van der Waals surface area contributed by atoms with E-state index in [-0.39, 0.29) is 11.6 Å². The Morgan fingerprint density at radius 1 is 1.12 bits per heavy atom. The molecule has 0 N–H and O–H groups in total. The molecule has 166 valence electrons. The van der Waals surface area contributed by atoms with Crippen LogP contribution in [0.2, 0.25) is 5.02 Å². The van der Waals surface area contributed by atoms with E-state index in [9.17, 15) is 22.4 Å². The number of hydrogen-bond donors (Lipinski definition) is 0. The fourth-order valence-corrected chi connectivity index (χ4v) is 4.84. The van der Waals surface area contributed by atoms with Crippen LogP contribution in [0.3, 0.4) is 0 Å². The van der Waals surface area contributed by atoms with E-state index in [1.807, 2.05) is 4.57 Å². The van der Waals surface area contributed by atoms with E-state index in [0.29, 0.717) is 36.7 Å². The number of fused-ring (bicyclic) bond motifs is 4. The van der Waals surface area contributed by atoms with Gasteiger partial charge in [-0.25, -0.2) is 9.37 Å². The molecule has 0 aliphatic carbocycles. The maximum atomic E-state index is 13.4. The van der Waals surface area contributed by atoms with Crippen LogP contribution in [0.25, 0.3) is 11.5 Å². The Morgan fingerprint density at radius 3 is 2.66 bits per heavy atom. The molecule has 1 amide bonds. The van der Waals surface area contributed by atoms with E-state index in [0.717, 1.165) is 18.7 Å². The van der Waals surface area contributed by atoms with Crippen molar-refractivity contribution in [2.75, 3.05) is 0 Å². The predicted octanol–water partition coefficient (Wildman–Crippen LogP) is 4.90. The Bertz CT molecular complexity index is 1190. The van der Waals surface area contributed by atoms with Crippen LogP contribution in [-0.4, -0.2) is 36.6 Å². The van der Waals surface area contributed by atoms with Crippen LogP contribution in [-0.2, 0) is 12.7 Å². The van der Waals surface area contributed by atoms with E-state index in [1.54, 1.807) is 4.90 Å². The molecule has 5 rings (SSSR count). The Balaban J connectivity index is 1.54. The number of hydrogen-bond acceptors (Lipinski definition) is 4. The highest BCUT2D eigenvalue weighted by molar-refractivity contribution is 6.34. The van der Waals surface area contributed by atoms with Crippen molar-refractivity contribution in [1.29, 1.82) is 0 Å². The fourth-order valence-electron chi connectivity index (χ4n) is 4.52. The maximum Gasteiger partial charge on any atom is 0.417 e. The standard InChI is InChI=1S/C21H16ClF4N5O/c22-17-13(4-2-5-14(17)21(24,25)26)20(32)31-12-3-1-6-16(31)19-29-28-18(30(19)10-12)15-8-7-11(23)9-27-15/h2,4-5,7-9,12,16H,1,3,6,10H2/t12-,16-/m1/s1. The van der Waals surface area contributed by atoms with Gasteiger partial charge in [0.25, 0.3) is 5.91 Å². The highest BCUT2D eigenvalue weighted by Gasteiger charge is 2.44. The topological polar surface area (TPSA) is 63.9 Å². The normalized spacial score (nSPS) is 20.2. The van der Waals surface area contributed by atoms with Crippen LogP contribution in [0.5, 0.6) is 0 Å². The lowest BCUT2D eigenvalue weighted by Gasteiger charge is -2.45. The smallest absolute Gasteiger partial charge is 0.324 e. The third-order valence-electron chi connectivity index (χ3n) is 5.94. The molecule has 1 aromatic carbocycles. The average molecular weight is 466 g/mol. The van der Waals surface area contributed by atoms with Crippen molar-refractivity contribution in [2.24, 2.45) is 0 Å². The minimum absolute atomic E-state index is 0.188. The molecular formula is C21H16ClF4N5O. The third-order valence-corrected chi connectivity index (χ3v) is 6.35. The first-order valence-electron chi connectivity index (χ1n) is 9.99. The number of amides is 1. The number of nitrogens with zero attached hydrogens (tertiary/aromatic N) is 5. The van der Waals surface area contributed by atoms with Gasteiger partial charge < -0.3 is 9.47 Å². The molecule has 0 saturated carbocycles. The van der Waals surface area contributed by atoms with Gasteiger partial charge in [0.15, 0.2) is 11.6 Å². The second kappa shape index (κ2) is 7.54. The molecule has 1 fully saturated rings. The molecule has 32 heavy (non-hydrogen) atoms. The number of benzene rings is 1. The molecule has 11 heteroatoms. The van der Waals surface area contributed by atoms with Crippen LogP contribution in [0.1, 0.15) is 47.1 Å². The van der Waals surface area contributed by atoms with Gasteiger partial charge in [0.1, 0.15) is 11.5 Å². The summed E-state index contributed by atoms with van der Waals surface area (Å²) in [5.41, 5.74) is -0.782. The van der Waals surface area contributed by atoms with Crippen molar-refractivity contribution in [3.63, 3.8) is 0 Å². The summed E-state index contributed by atoms with van der Waals surface area (Å²) >= 11 is 6.02. The first-order valence-corrected chi connectivity index (χ1v) is 10.4. The number of carbonyl (C=O) groups is 1. The van der Waals surface area contributed by atoms with Crippen molar-refractivity contribution < 1.29 is 22.4 Å². The largest absolute Gasteiger partial charge is 0.417 e. The molecule has 0 spiro atoms. The van der Waals surface area contributed by atoms with Gasteiger partial charge in [-0.05, 0) is 43.5 Å². The lowest BCUT2D eigenvalue weighted by molar-refractivity contribution is -0.137. The van der Waals surface area contributed by atoms with Crippen LogP contribution in [0.15, 0.2) is 36.5 Å². The highest BCUT2D eigenvalue weighted by Crippen LogP contribution is 2.42. The van der Waals surface area contributed by atoms with Crippen LogP contribution in [0.4, 0.5) is 17.6 Å². The second-order valence-electron chi connectivity index (χ2n) is 7.83. The first-order chi connectivity index (χ1) is 15.3. The number of aromatic nitrogens is 4. The van der Waals surface area contributed by atoms with Gasteiger partial charge in [-0.2, -0.15) is 13.2 Å². The minimum atomic E-state index is -4.66. The lowest BCUT2D eigenvalue weighted by Crippen LogP contribution is -2.52. The summed E-state index contributed by atoms with van der Waals surface area (Å²) in [5, 5.41) is 7.85. The minimum Gasteiger partial charge on any atom is -0.324 e. The number of pyridine rings is 1. The molecule has 2 atom stereocenters. The van der Waals surface area contributed by atoms with E-state index < -0.39 is 34.5 Å². The Kier molecular flexibility index (Phi) is 4.92. The van der Waals surface area contributed by atoms with Crippen molar-refractivity contribution in [2.45, 2.75) is 44.1 Å². The zero-order valence-electron chi connectivity index (χ0n) is 16.5. The number of carbonyl (C=O) groups excluding carboxylic acids is 1. The van der Waals surface area contributed by atoms with Gasteiger partial charge in [-0.15, -0.1) is 10.2 Å². The van der Waals surface area contributed by atoms with Crippen LogP contribution in [0, 0.1) is 5.82 Å². The SMILES string of the molecule is O=C(c1cccc(C(F)(F)F)c1Cl)N1[C@@H]2CCC[C@@H]1c1nnc(-c3ccc(F)cn3)n1C2. The summed E-state index contributed by atoms with van der Waals surface area (Å²) in [6.07, 6.45) is -1.47. The van der Waals surface area contributed by atoms with E-state index in [2.05, 4.69) is 15.2 Å². The van der Waals surface area contributed by atoms with Gasteiger partial charge in [0, 0.05) is 6.54 Å². The summed E-state index contributed by atoms with van der Waals surface area (Å²) < 4.78 is 55.0. The second-order valence-corrected chi connectivity index (χ2v) is 8.21. The molecule has 2 aliphatic rings. The lowest BCUT2D eigenvalue weighted by atomic mass is 9.90. The van der Waals surface area contributed by atoms with Crippen molar-refractivity contribution >= 4 is 17.5 Å². The van der Waals surface area contributed by atoms with Gasteiger partial charge in [0.05, 0.1) is 34.4 Å². The summed E-state index contributed by atoms with van der Waals surface area (Å²) in [5.74, 6) is -0.0510. The molecule has 3 aromatic rings. The van der Waals surface area contributed by atoms with Gasteiger partial charge in [0.2, 0.25) is 0 Å². The number of halogens is 5. The molecule has 0 radical (unpaired) electrons. The van der Waals surface area contributed by atoms with Gasteiger partial charge >= 0.3 is 6.18 Å². The van der Waals surface area contributed by atoms with Crippen molar-refractivity contribution in [1.82, 2.24) is 24.6 Å². The predicted molar refractivity (Wildman–Crippen MR) is 106 cm³/mol. The monoisotopic (exact) mass is 465 g/mol. The van der Waals surface area contributed by atoms with Gasteiger partial charge in [-0.1, -0.05) is 17.7 Å². The summed E-state index contributed by atoms with van der Waals surface area (Å²) in [6.45, 7) is 0.357. The Morgan fingerprint density at radius 2 is 1.94 bits per heavy atom. The highest BCUT2D eigenvalue weighted by atomic mass is 35.5. The molecular weight excluding hydrogens is 450 g/mol. The summed E-state index contributed by atoms with van der Waals surface area (Å²) in [6, 6.07) is 5.40. The zero-order chi connectivity index (χ0) is 22.6. The molecule has 6 nitrogen and oxygen atoms in total. The number of rotatable bonds is 2. The molecule has 0 unspecified atom stereocenters. The van der Waals surface area contributed by atoms with E-state index >= 15 is 0 Å².